The SMILES string of the molecule is CN1CCc2cc(Cl)c(O)cc2[C@@H](c2cc([76Br])cc3c2OCC3)C1. The molecule has 0 unspecified atom stereocenters. The predicted molar refractivity (Wildman–Crippen MR) is 99.5 cm³/mol. The first-order valence-electron chi connectivity index (χ1n) is 8.18. The molecule has 0 aromatic heterocycles. The average molecular weight is 405 g/mol. The van der Waals surface area contributed by atoms with Crippen LogP contribution in [0.5, 0.6) is 11.5 Å². The standard InChI is InChI=1S/C19H19BrClNO2/c1-22-4-2-11-7-17(21)18(23)9-14(11)16(10-22)15-8-13(20)6-12-3-5-24-19(12)15/h6-9,16,23H,2-5,10H2,1H3/t16-/m0/s1/i20-4. The van der Waals surface area contributed by atoms with Crippen molar-refractivity contribution in [3.63, 3.8) is 0 Å². The molecule has 2 aromatic rings. The van der Waals surface area contributed by atoms with Gasteiger partial charge in [0, 0.05) is 35.5 Å². The smallest absolute Gasteiger partial charge is 0.134 e. The second kappa shape index (κ2) is 6.25. The zero-order valence-corrected chi connectivity index (χ0v) is 15.8. The van der Waals surface area contributed by atoms with Gasteiger partial charge in [-0.05, 0) is 54.4 Å². The van der Waals surface area contributed by atoms with E-state index in [0.717, 1.165) is 48.3 Å². The van der Waals surface area contributed by atoms with Gasteiger partial charge in [-0.1, -0.05) is 27.5 Å². The highest BCUT2D eigenvalue weighted by molar-refractivity contribution is 9.10. The van der Waals surface area contributed by atoms with Crippen molar-refractivity contribution in [2.45, 2.75) is 18.8 Å². The Morgan fingerprint density at radius 1 is 1.17 bits per heavy atom. The van der Waals surface area contributed by atoms with Crippen LogP contribution in [0.3, 0.4) is 0 Å². The van der Waals surface area contributed by atoms with Crippen LogP contribution in [-0.2, 0) is 12.8 Å². The maximum Gasteiger partial charge on any atom is 0.134 e. The molecule has 0 bridgehead atoms. The second-order valence-electron chi connectivity index (χ2n) is 6.65. The number of phenols is 1. The van der Waals surface area contributed by atoms with Crippen molar-refractivity contribution in [2.24, 2.45) is 0 Å². The maximum atomic E-state index is 10.2. The average Bonchev–Trinajstić information content (AvgIpc) is 2.95. The monoisotopic (exact) mass is 404 g/mol. The normalized spacial score (nSPS) is 20.2. The zero-order chi connectivity index (χ0) is 16.8. The summed E-state index contributed by atoms with van der Waals surface area (Å²) in [6.07, 6.45) is 1.88. The lowest BCUT2D eigenvalue weighted by molar-refractivity contribution is 0.326. The van der Waals surface area contributed by atoms with Gasteiger partial charge in [-0.3, -0.25) is 0 Å². The van der Waals surface area contributed by atoms with Crippen LogP contribution in [0.15, 0.2) is 28.7 Å². The molecule has 0 saturated heterocycles. The Hall–Kier alpha value is -1.23. The zero-order valence-electron chi connectivity index (χ0n) is 13.5. The van der Waals surface area contributed by atoms with E-state index in [1.165, 1.54) is 16.7 Å². The molecule has 2 aromatic carbocycles. The van der Waals surface area contributed by atoms with Gasteiger partial charge in [-0.15, -0.1) is 0 Å². The molecule has 5 heteroatoms. The molecule has 1 atom stereocenters. The summed E-state index contributed by atoms with van der Waals surface area (Å²) >= 11 is 9.80. The van der Waals surface area contributed by atoms with Gasteiger partial charge < -0.3 is 14.7 Å². The first kappa shape index (κ1) is 16.2. The molecule has 126 valence electrons. The van der Waals surface area contributed by atoms with Crippen LogP contribution in [0.4, 0.5) is 0 Å². The van der Waals surface area contributed by atoms with E-state index in [-0.39, 0.29) is 11.7 Å². The maximum absolute atomic E-state index is 10.2. The van der Waals surface area contributed by atoms with Crippen molar-refractivity contribution in [3.8, 4) is 11.5 Å². The third-order valence-corrected chi connectivity index (χ3v) is 5.75. The Morgan fingerprint density at radius 2 is 2.00 bits per heavy atom. The van der Waals surface area contributed by atoms with Gasteiger partial charge >= 0.3 is 0 Å². The number of hydrogen-bond acceptors (Lipinski definition) is 3. The fourth-order valence-electron chi connectivity index (χ4n) is 3.80. The highest BCUT2D eigenvalue weighted by Gasteiger charge is 2.29. The van der Waals surface area contributed by atoms with Crippen LogP contribution in [0, 0.1) is 0 Å². The number of ether oxygens (including phenoxy) is 1. The Balaban J connectivity index is 1.91. The highest BCUT2D eigenvalue weighted by atomic mass is 75.9. The molecule has 0 fully saturated rings. The van der Waals surface area contributed by atoms with Crippen molar-refractivity contribution >= 4 is 27.5 Å². The summed E-state index contributed by atoms with van der Waals surface area (Å²) in [4.78, 5) is 2.33. The lowest BCUT2D eigenvalue weighted by Crippen LogP contribution is -2.24. The highest BCUT2D eigenvalue weighted by Crippen LogP contribution is 2.43. The lowest BCUT2D eigenvalue weighted by atomic mass is 9.86. The molecule has 0 saturated carbocycles. The van der Waals surface area contributed by atoms with E-state index in [9.17, 15) is 5.11 Å². The molecular weight excluding hydrogens is 386 g/mol. The van der Waals surface area contributed by atoms with Crippen LogP contribution in [0.25, 0.3) is 0 Å². The largest absolute Gasteiger partial charge is 0.506 e. The third-order valence-electron chi connectivity index (χ3n) is 4.99. The number of phenolic OH excluding ortho intramolecular Hbond substituents is 1. The second-order valence-corrected chi connectivity index (χ2v) is 7.97. The van der Waals surface area contributed by atoms with Gasteiger partial charge in [-0.25, -0.2) is 0 Å². The minimum Gasteiger partial charge on any atom is -0.506 e. The quantitative estimate of drug-likeness (QED) is 0.766. The summed E-state index contributed by atoms with van der Waals surface area (Å²) in [7, 11) is 2.14. The van der Waals surface area contributed by atoms with E-state index in [1.54, 1.807) is 0 Å². The molecule has 0 spiro atoms. The molecule has 0 amide bonds. The number of hydrogen-bond donors (Lipinski definition) is 1. The number of nitrogens with zero attached hydrogens (tertiary/aromatic N) is 1. The number of fused-ring (bicyclic) bond motifs is 2. The van der Waals surface area contributed by atoms with Crippen LogP contribution < -0.4 is 4.74 Å². The topological polar surface area (TPSA) is 32.7 Å². The van der Waals surface area contributed by atoms with Gasteiger partial charge in [0.2, 0.25) is 0 Å². The van der Waals surface area contributed by atoms with E-state index in [0.29, 0.717) is 5.02 Å². The van der Waals surface area contributed by atoms with Gasteiger partial charge in [0.15, 0.2) is 0 Å². The Kier molecular flexibility index (Phi) is 4.23. The first-order chi connectivity index (χ1) is 11.5. The summed E-state index contributed by atoms with van der Waals surface area (Å²) < 4.78 is 7.03. The van der Waals surface area contributed by atoms with Crippen molar-refractivity contribution in [1.82, 2.24) is 4.90 Å². The van der Waals surface area contributed by atoms with Crippen molar-refractivity contribution < 1.29 is 9.84 Å². The molecule has 2 aliphatic heterocycles. The third kappa shape index (κ3) is 2.81. The van der Waals surface area contributed by atoms with Gasteiger partial charge in [0.25, 0.3) is 0 Å². The molecule has 0 aliphatic carbocycles. The summed E-state index contributed by atoms with van der Waals surface area (Å²) in [6.45, 7) is 2.60. The predicted octanol–water partition coefficient (Wildman–Crippen LogP) is 4.36. The van der Waals surface area contributed by atoms with Crippen molar-refractivity contribution in [2.75, 3.05) is 26.7 Å². The molecule has 1 N–H and O–H groups in total. The van der Waals surface area contributed by atoms with E-state index in [4.69, 9.17) is 16.3 Å². The Bertz CT molecular complexity index is 808. The van der Waals surface area contributed by atoms with E-state index >= 15 is 0 Å². The molecule has 2 heterocycles. The van der Waals surface area contributed by atoms with Gasteiger partial charge in [0.1, 0.15) is 11.5 Å². The van der Waals surface area contributed by atoms with E-state index < -0.39 is 0 Å². The van der Waals surface area contributed by atoms with Crippen molar-refractivity contribution in [1.29, 1.82) is 0 Å². The molecular formula is C19H19BrClNO2. The van der Waals surface area contributed by atoms with E-state index in [1.807, 2.05) is 12.1 Å². The summed E-state index contributed by atoms with van der Waals surface area (Å²) in [6, 6.07) is 8.05. The van der Waals surface area contributed by atoms with Crippen LogP contribution in [0.2, 0.25) is 5.02 Å². The van der Waals surface area contributed by atoms with Crippen LogP contribution >= 0.6 is 27.5 Å². The number of likely N-dealkylation sites (N-methyl/N-ethyl adjacent to an activating group) is 1. The van der Waals surface area contributed by atoms with E-state index in [2.05, 4.69) is 40.0 Å². The molecule has 3 nitrogen and oxygen atoms in total. The van der Waals surface area contributed by atoms with Crippen molar-refractivity contribution in [3.05, 3.63) is 56.0 Å². The van der Waals surface area contributed by atoms with Gasteiger partial charge in [0.05, 0.1) is 11.6 Å². The number of rotatable bonds is 1. The van der Waals surface area contributed by atoms with Gasteiger partial charge in [-0.2, -0.15) is 0 Å². The number of aromatic hydroxyl groups is 1. The summed E-state index contributed by atoms with van der Waals surface area (Å²) in [5.74, 6) is 1.32. The fourth-order valence-corrected chi connectivity index (χ4v) is 4.50. The lowest BCUT2D eigenvalue weighted by Gasteiger charge is -2.24. The molecule has 24 heavy (non-hydrogen) atoms. The van der Waals surface area contributed by atoms with Crippen LogP contribution in [0.1, 0.15) is 28.2 Å². The summed E-state index contributed by atoms with van der Waals surface area (Å²) in [5, 5.41) is 10.6. The van der Waals surface area contributed by atoms with Crippen LogP contribution in [-0.4, -0.2) is 36.8 Å². The minimum atomic E-state index is 0.150. The first-order valence-corrected chi connectivity index (χ1v) is 9.35. The Labute approximate surface area is 155 Å². The number of benzene rings is 2. The molecule has 0 radical (unpaired) electrons. The number of halogens is 2. The summed E-state index contributed by atoms with van der Waals surface area (Å²) in [5.41, 5.74) is 4.80. The fraction of sp³-hybridized carbons (Fsp3) is 0.368. The minimum absolute atomic E-state index is 0.150. The Morgan fingerprint density at radius 3 is 2.83 bits per heavy atom. The molecule has 2 aliphatic rings. The molecule has 4 rings (SSSR count).